The van der Waals surface area contributed by atoms with Crippen molar-refractivity contribution >= 4 is 15.9 Å². The van der Waals surface area contributed by atoms with Gasteiger partial charge in [-0.25, -0.2) is 13.1 Å². The maximum atomic E-state index is 12.7. The molecule has 1 aliphatic rings. The molecule has 9 nitrogen and oxygen atoms in total. The van der Waals surface area contributed by atoms with Crippen molar-refractivity contribution < 1.29 is 27.2 Å². The number of nitrogens with zero attached hydrogens (tertiary/aromatic N) is 2. The number of likely N-dealkylation sites (tertiary alicyclic amines) is 1. The minimum atomic E-state index is -3.71. The van der Waals surface area contributed by atoms with Crippen LogP contribution in [-0.4, -0.2) is 57.7 Å². The molecule has 0 atom stereocenters. The number of methoxy groups -OCH3 is 2. The van der Waals surface area contributed by atoms with Gasteiger partial charge in [0.25, 0.3) is 0 Å². The Labute approximate surface area is 176 Å². The molecular weight excluding hydrogens is 410 g/mol. The summed E-state index contributed by atoms with van der Waals surface area (Å²) in [7, 11) is -0.598. The summed E-state index contributed by atoms with van der Waals surface area (Å²) in [5.41, 5.74) is 1.17. The van der Waals surface area contributed by atoms with Crippen LogP contribution in [0.25, 0.3) is 0 Å². The van der Waals surface area contributed by atoms with Crippen molar-refractivity contribution in [3.63, 3.8) is 0 Å². The van der Waals surface area contributed by atoms with E-state index >= 15 is 0 Å². The van der Waals surface area contributed by atoms with Gasteiger partial charge in [0.05, 0.1) is 20.6 Å². The van der Waals surface area contributed by atoms with Crippen molar-refractivity contribution in [2.75, 3.05) is 27.3 Å². The van der Waals surface area contributed by atoms with E-state index in [1.807, 2.05) is 6.07 Å². The Balaban J connectivity index is 1.57. The number of ether oxygens (including phenoxy) is 2. The molecule has 10 heteroatoms. The molecule has 0 bridgehead atoms. The Morgan fingerprint density at radius 1 is 1.20 bits per heavy atom. The highest BCUT2D eigenvalue weighted by atomic mass is 32.2. The minimum Gasteiger partial charge on any atom is -0.493 e. The summed E-state index contributed by atoms with van der Waals surface area (Å²) in [6.45, 7) is 4.15. The van der Waals surface area contributed by atoms with Gasteiger partial charge >= 0.3 is 0 Å². The van der Waals surface area contributed by atoms with Gasteiger partial charge in [-0.05, 0) is 44.4 Å². The van der Waals surface area contributed by atoms with Gasteiger partial charge in [-0.1, -0.05) is 11.2 Å². The Bertz CT molecular complexity index is 990. The van der Waals surface area contributed by atoms with Crippen LogP contribution in [0.5, 0.6) is 11.5 Å². The van der Waals surface area contributed by atoms with Crippen LogP contribution < -0.4 is 14.2 Å². The largest absolute Gasteiger partial charge is 0.493 e. The Kier molecular flexibility index (Phi) is 6.67. The third-order valence-electron chi connectivity index (χ3n) is 5.21. The van der Waals surface area contributed by atoms with Gasteiger partial charge in [0, 0.05) is 19.1 Å². The zero-order chi connectivity index (χ0) is 21.9. The highest BCUT2D eigenvalue weighted by molar-refractivity contribution is 7.89. The van der Waals surface area contributed by atoms with Gasteiger partial charge in [-0.2, -0.15) is 0 Å². The summed E-state index contributed by atoms with van der Waals surface area (Å²) in [6.07, 6.45) is 1.33. The average Bonchev–Trinajstić information content (AvgIpc) is 3.07. The molecule has 1 aromatic carbocycles. The molecule has 1 aliphatic heterocycles. The summed E-state index contributed by atoms with van der Waals surface area (Å²) in [4.78, 5) is 14.5. The topological polar surface area (TPSA) is 111 Å². The van der Waals surface area contributed by atoms with Gasteiger partial charge in [0.2, 0.25) is 15.9 Å². The van der Waals surface area contributed by atoms with Crippen LogP contribution >= 0.6 is 0 Å². The fraction of sp³-hybridized carbons (Fsp3) is 0.500. The molecule has 0 spiro atoms. The van der Waals surface area contributed by atoms with Gasteiger partial charge in [0.15, 0.2) is 17.3 Å². The number of nitrogens with one attached hydrogen (secondary N) is 1. The fourth-order valence-corrected chi connectivity index (χ4v) is 5.29. The number of benzene rings is 1. The van der Waals surface area contributed by atoms with E-state index in [2.05, 4.69) is 9.88 Å². The summed E-state index contributed by atoms with van der Waals surface area (Å²) < 4.78 is 43.5. The van der Waals surface area contributed by atoms with E-state index in [0.717, 1.165) is 5.56 Å². The first kappa shape index (κ1) is 22.1. The fourth-order valence-electron chi connectivity index (χ4n) is 3.66. The molecule has 1 aromatic heterocycles. The van der Waals surface area contributed by atoms with E-state index in [1.54, 1.807) is 45.1 Å². The lowest BCUT2D eigenvalue weighted by atomic mass is 10.0. The number of carbonyl (C=O) groups is 1. The summed E-state index contributed by atoms with van der Waals surface area (Å²) >= 11 is 0. The molecular formula is C20H27N3O6S. The summed E-state index contributed by atoms with van der Waals surface area (Å²) in [6, 6.07) is 5.16. The van der Waals surface area contributed by atoms with E-state index in [0.29, 0.717) is 43.1 Å². The third-order valence-corrected chi connectivity index (χ3v) is 6.97. The number of piperidine rings is 1. The Morgan fingerprint density at radius 2 is 1.87 bits per heavy atom. The van der Waals surface area contributed by atoms with Crippen LogP contribution in [0, 0.1) is 13.8 Å². The molecule has 1 amide bonds. The smallest absolute Gasteiger partial charge is 0.246 e. The van der Waals surface area contributed by atoms with E-state index in [4.69, 9.17) is 14.0 Å². The first-order chi connectivity index (χ1) is 14.2. The minimum absolute atomic E-state index is 0.00532. The molecule has 0 aliphatic carbocycles. The van der Waals surface area contributed by atoms with Crippen molar-refractivity contribution in [2.24, 2.45) is 0 Å². The number of amides is 1. The van der Waals surface area contributed by atoms with Crippen LogP contribution in [0.1, 0.15) is 29.9 Å². The quantitative estimate of drug-likeness (QED) is 0.703. The average molecular weight is 438 g/mol. The van der Waals surface area contributed by atoms with Crippen molar-refractivity contribution in [1.82, 2.24) is 14.8 Å². The van der Waals surface area contributed by atoms with E-state index < -0.39 is 10.0 Å². The maximum Gasteiger partial charge on any atom is 0.246 e. The first-order valence-corrected chi connectivity index (χ1v) is 11.2. The van der Waals surface area contributed by atoms with Crippen molar-refractivity contribution in [2.45, 2.75) is 44.0 Å². The van der Waals surface area contributed by atoms with Gasteiger partial charge < -0.3 is 18.9 Å². The molecule has 1 N–H and O–H groups in total. The second kappa shape index (κ2) is 9.05. The Morgan fingerprint density at radius 3 is 2.43 bits per heavy atom. The van der Waals surface area contributed by atoms with E-state index in [-0.39, 0.29) is 29.0 Å². The SMILES string of the molecule is COc1ccc(CC(=O)N2CCC(NS(=O)(=O)c3c(C)noc3C)CC2)cc1OC. The number of sulfonamides is 1. The second-order valence-electron chi connectivity index (χ2n) is 7.30. The van der Waals surface area contributed by atoms with E-state index in [9.17, 15) is 13.2 Å². The van der Waals surface area contributed by atoms with Gasteiger partial charge in [-0.3, -0.25) is 4.79 Å². The monoisotopic (exact) mass is 437 g/mol. The van der Waals surface area contributed by atoms with Crippen molar-refractivity contribution in [1.29, 1.82) is 0 Å². The van der Waals surface area contributed by atoms with Gasteiger partial charge in [-0.15, -0.1) is 0 Å². The molecule has 164 valence electrons. The highest BCUT2D eigenvalue weighted by Crippen LogP contribution is 2.28. The highest BCUT2D eigenvalue weighted by Gasteiger charge is 2.30. The summed E-state index contributed by atoms with van der Waals surface area (Å²) in [5, 5.41) is 3.71. The molecule has 0 saturated carbocycles. The van der Waals surface area contributed by atoms with Crippen LogP contribution in [-0.2, 0) is 21.2 Å². The molecule has 2 heterocycles. The van der Waals surface area contributed by atoms with Crippen LogP contribution in [0.15, 0.2) is 27.6 Å². The number of hydrogen-bond donors (Lipinski definition) is 1. The molecule has 3 rings (SSSR count). The molecule has 2 aromatic rings. The van der Waals surface area contributed by atoms with Crippen LogP contribution in [0.4, 0.5) is 0 Å². The standard InChI is InChI=1S/C20H27N3O6S/c1-13-20(14(2)29-21-13)30(25,26)22-16-7-9-23(10-8-16)19(24)12-15-5-6-17(27-3)18(11-15)28-4/h5-6,11,16,22H,7-10,12H2,1-4H3. The number of rotatable bonds is 7. The zero-order valence-electron chi connectivity index (χ0n) is 17.6. The third kappa shape index (κ3) is 4.76. The lowest BCUT2D eigenvalue weighted by molar-refractivity contribution is -0.131. The maximum absolute atomic E-state index is 12.7. The summed E-state index contributed by atoms with van der Waals surface area (Å²) in [5.74, 6) is 1.45. The van der Waals surface area contributed by atoms with Crippen molar-refractivity contribution in [3.8, 4) is 11.5 Å². The predicted molar refractivity (Wildman–Crippen MR) is 109 cm³/mol. The zero-order valence-corrected chi connectivity index (χ0v) is 18.4. The second-order valence-corrected chi connectivity index (χ2v) is 8.95. The molecule has 1 fully saturated rings. The lowest BCUT2D eigenvalue weighted by Gasteiger charge is -2.32. The lowest BCUT2D eigenvalue weighted by Crippen LogP contribution is -2.47. The predicted octanol–water partition coefficient (Wildman–Crippen LogP) is 1.82. The van der Waals surface area contributed by atoms with Crippen LogP contribution in [0.3, 0.4) is 0 Å². The molecule has 1 saturated heterocycles. The molecule has 0 radical (unpaired) electrons. The molecule has 30 heavy (non-hydrogen) atoms. The number of carbonyl (C=O) groups excluding carboxylic acids is 1. The van der Waals surface area contributed by atoms with Gasteiger partial charge in [0.1, 0.15) is 10.6 Å². The normalized spacial score (nSPS) is 15.3. The van der Waals surface area contributed by atoms with Crippen molar-refractivity contribution in [3.05, 3.63) is 35.2 Å². The van der Waals surface area contributed by atoms with E-state index in [1.165, 1.54) is 0 Å². The first-order valence-electron chi connectivity index (χ1n) is 9.69. The van der Waals surface area contributed by atoms with Crippen LogP contribution in [0.2, 0.25) is 0 Å². The number of hydrogen-bond acceptors (Lipinski definition) is 7. The number of aryl methyl sites for hydroxylation is 2. The number of aromatic nitrogens is 1. The molecule has 0 unspecified atom stereocenters. The Hall–Kier alpha value is -2.59.